The van der Waals surface area contributed by atoms with Crippen molar-refractivity contribution in [2.45, 2.75) is 13.3 Å². The van der Waals surface area contributed by atoms with Crippen LogP contribution in [0.5, 0.6) is 0 Å². The van der Waals surface area contributed by atoms with Crippen LogP contribution in [0.1, 0.15) is 13.3 Å². The Labute approximate surface area is 111 Å². The third kappa shape index (κ3) is 2.93. The van der Waals surface area contributed by atoms with Gasteiger partial charge >= 0.3 is 0 Å². The molecule has 2 aromatic rings. The summed E-state index contributed by atoms with van der Waals surface area (Å²) in [7, 11) is 0. The Morgan fingerprint density at radius 1 is 1.53 bits per heavy atom. The van der Waals surface area contributed by atoms with Gasteiger partial charge in [-0.25, -0.2) is 4.39 Å². The van der Waals surface area contributed by atoms with Crippen molar-refractivity contribution in [1.82, 2.24) is 4.98 Å². The Hall–Kier alpha value is -1.88. The molecule has 1 aromatic carbocycles. The van der Waals surface area contributed by atoms with E-state index in [0.29, 0.717) is 29.9 Å². The van der Waals surface area contributed by atoms with Crippen LogP contribution < -0.4 is 11.1 Å². The van der Waals surface area contributed by atoms with E-state index < -0.39 is 5.82 Å². The summed E-state index contributed by atoms with van der Waals surface area (Å²) in [5.41, 5.74) is 7.08. The molecule has 0 aliphatic carbocycles. The number of halogens is 1. The second-order valence-corrected chi connectivity index (χ2v) is 4.72. The van der Waals surface area contributed by atoms with Crippen molar-refractivity contribution in [2.24, 2.45) is 5.92 Å². The van der Waals surface area contributed by atoms with Gasteiger partial charge in [-0.05, 0) is 30.5 Å². The summed E-state index contributed by atoms with van der Waals surface area (Å²) >= 11 is 0. The third-order valence-corrected chi connectivity index (χ3v) is 3.13. The summed E-state index contributed by atoms with van der Waals surface area (Å²) in [5.74, 6) is -0.152. The van der Waals surface area contributed by atoms with Gasteiger partial charge < -0.3 is 16.2 Å². The minimum atomic E-state index is -0.403. The lowest BCUT2D eigenvalue weighted by Gasteiger charge is -2.15. The number of aliphatic hydroxyl groups is 1. The molecule has 0 saturated heterocycles. The number of nitrogens with zero attached hydrogens (tertiary/aromatic N) is 1. The summed E-state index contributed by atoms with van der Waals surface area (Å²) in [4.78, 5) is 4.19. The van der Waals surface area contributed by atoms with E-state index >= 15 is 0 Å². The van der Waals surface area contributed by atoms with Crippen LogP contribution >= 0.6 is 0 Å². The van der Waals surface area contributed by atoms with E-state index in [4.69, 9.17) is 10.8 Å². The number of nitrogens with one attached hydrogen (secondary N) is 1. The SMILES string of the molecule is CC(CCO)CNc1c(F)cc(N)c2cccnc12. The van der Waals surface area contributed by atoms with Gasteiger partial charge in [0.1, 0.15) is 0 Å². The Morgan fingerprint density at radius 3 is 3.05 bits per heavy atom. The van der Waals surface area contributed by atoms with Crippen molar-refractivity contribution in [3.63, 3.8) is 0 Å². The van der Waals surface area contributed by atoms with Gasteiger partial charge in [0.25, 0.3) is 0 Å². The highest BCUT2D eigenvalue weighted by molar-refractivity contribution is 5.98. The fourth-order valence-electron chi connectivity index (χ4n) is 2.00. The fourth-order valence-corrected chi connectivity index (χ4v) is 2.00. The molecule has 0 aliphatic rings. The van der Waals surface area contributed by atoms with Gasteiger partial charge in [-0.3, -0.25) is 4.98 Å². The predicted molar refractivity (Wildman–Crippen MR) is 75.5 cm³/mol. The number of pyridine rings is 1. The van der Waals surface area contributed by atoms with Crippen molar-refractivity contribution in [3.05, 3.63) is 30.2 Å². The van der Waals surface area contributed by atoms with Crippen LogP contribution in [-0.2, 0) is 0 Å². The predicted octanol–water partition coefficient (Wildman–Crippen LogP) is 2.39. The Morgan fingerprint density at radius 2 is 2.32 bits per heavy atom. The number of fused-ring (bicyclic) bond motifs is 1. The van der Waals surface area contributed by atoms with Crippen LogP contribution in [0, 0.1) is 11.7 Å². The molecule has 0 fully saturated rings. The molecule has 4 nitrogen and oxygen atoms in total. The van der Waals surface area contributed by atoms with Crippen molar-refractivity contribution < 1.29 is 9.50 Å². The average Bonchev–Trinajstić information content (AvgIpc) is 2.39. The molecule has 0 radical (unpaired) electrons. The Kier molecular flexibility index (Phi) is 4.16. The van der Waals surface area contributed by atoms with Gasteiger partial charge in [-0.2, -0.15) is 0 Å². The zero-order valence-electron chi connectivity index (χ0n) is 10.9. The molecule has 0 saturated carbocycles. The minimum absolute atomic E-state index is 0.131. The minimum Gasteiger partial charge on any atom is -0.398 e. The second kappa shape index (κ2) is 5.84. The van der Waals surface area contributed by atoms with E-state index in [1.165, 1.54) is 6.07 Å². The van der Waals surface area contributed by atoms with Gasteiger partial charge in [0.15, 0.2) is 5.82 Å². The molecule has 5 heteroatoms. The lowest BCUT2D eigenvalue weighted by Crippen LogP contribution is -2.14. The van der Waals surface area contributed by atoms with Crippen molar-refractivity contribution in [2.75, 3.05) is 24.2 Å². The zero-order valence-corrected chi connectivity index (χ0v) is 10.9. The maximum absolute atomic E-state index is 14.0. The number of hydrogen-bond acceptors (Lipinski definition) is 4. The third-order valence-electron chi connectivity index (χ3n) is 3.13. The number of benzene rings is 1. The molecule has 19 heavy (non-hydrogen) atoms. The molecule has 0 bridgehead atoms. The smallest absolute Gasteiger partial charge is 0.150 e. The van der Waals surface area contributed by atoms with E-state index in [2.05, 4.69) is 10.3 Å². The van der Waals surface area contributed by atoms with Crippen molar-refractivity contribution >= 4 is 22.3 Å². The lowest BCUT2D eigenvalue weighted by molar-refractivity contribution is 0.266. The molecule has 1 atom stereocenters. The fraction of sp³-hybridized carbons (Fsp3) is 0.357. The molecular weight excluding hydrogens is 245 g/mol. The van der Waals surface area contributed by atoms with Crippen LogP contribution in [0.4, 0.5) is 15.8 Å². The average molecular weight is 263 g/mol. The van der Waals surface area contributed by atoms with Gasteiger partial charge in [0, 0.05) is 30.4 Å². The summed E-state index contributed by atoms with van der Waals surface area (Å²) in [6, 6.07) is 4.90. The largest absolute Gasteiger partial charge is 0.398 e. The maximum atomic E-state index is 14.0. The van der Waals surface area contributed by atoms with Crippen LogP contribution in [0.2, 0.25) is 0 Å². The first-order valence-corrected chi connectivity index (χ1v) is 6.31. The lowest BCUT2D eigenvalue weighted by atomic mass is 10.1. The van der Waals surface area contributed by atoms with Gasteiger partial charge in [-0.1, -0.05) is 6.92 Å². The number of anilines is 2. The number of aromatic nitrogens is 1. The van der Waals surface area contributed by atoms with Gasteiger partial charge in [0.05, 0.1) is 11.2 Å². The molecular formula is C14H18FN3O. The Balaban J connectivity index is 2.32. The van der Waals surface area contributed by atoms with Gasteiger partial charge in [0.2, 0.25) is 0 Å². The van der Waals surface area contributed by atoms with E-state index in [1.807, 2.05) is 13.0 Å². The van der Waals surface area contributed by atoms with Gasteiger partial charge in [-0.15, -0.1) is 0 Å². The monoisotopic (exact) mass is 263 g/mol. The molecule has 4 N–H and O–H groups in total. The number of hydrogen-bond donors (Lipinski definition) is 3. The summed E-state index contributed by atoms with van der Waals surface area (Å²) in [6.45, 7) is 2.70. The summed E-state index contributed by atoms with van der Waals surface area (Å²) in [5, 5.41) is 12.7. The van der Waals surface area contributed by atoms with Crippen molar-refractivity contribution in [3.8, 4) is 0 Å². The van der Waals surface area contributed by atoms with Crippen LogP contribution in [0.3, 0.4) is 0 Å². The first kappa shape index (κ1) is 13.5. The first-order chi connectivity index (χ1) is 9.13. The Bertz CT molecular complexity index is 574. The number of rotatable bonds is 5. The summed E-state index contributed by atoms with van der Waals surface area (Å²) in [6.07, 6.45) is 2.29. The molecule has 2 rings (SSSR count). The van der Waals surface area contributed by atoms with E-state index in [-0.39, 0.29) is 12.5 Å². The quantitative estimate of drug-likeness (QED) is 0.724. The number of nitrogen functional groups attached to an aromatic ring is 1. The van der Waals surface area contributed by atoms with E-state index in [9.17, 15) is 4.39 Å². The molecule has 0 aliphatic heterocycles. The molecule has 0 spiro atoms. The highest BCUT2D eigenvalue weighted by Crippen LogP contribution is 2.29. The number of nitrogens with two attached hydrogens (primary N) is 1. The van der Waals surface area contributed by atoms with Crippen LogP contribution in [0.25, 0.3) is 10.9 Å². The van der Waals surface area contributed by atoms with E-state index in [0.717, 1.165) is 5.39 Å². The molecule has 102 valence electrons. The summed E-state index contributed by atoms with van der Waals surface area (Å²) < 4.78 is 14.0. The molecule has 1 unspecified atom stereocenters. The topological polar surface area (TPSA) is 71.2 Å². The maximum Gasteiger partial charge on any atom is 0.150 e. The first-order valence-electron chi connectivity index (χ1n) is 6.31. The molecule has 1 heterocycles. The molecule has 0 amide bonds. The highest BCUT2D eigenvalue weighted by atomic mass is 19.1. The second-order valence-electron chi connectivity index (χ2n) is 4.72. The number of aliphatic hydroxyl groups excluding tert-OH is 1. The molecule has 1 aromatic heterocycles. The van der Waals surface area contributed by atoms with Crippen molar-refractivity contribution in [1.29, 1.82) is 0 Å². The standard InChI is InChI=1S/C14H18FN3O/c1-9(4-6-19)8-18-14-11(15)7-12(16)10-3-2-5-17-13(10)14/h2-3,5,7,9,18-19H,4,6,8,16H2,1H3. The van der Waals surface area contributed by atoms with Crippen LogP contribution in [-0.4, -0.2) is 23.2 Å². The zero-order chi connectivity index (χ0) is 13.8. The van der Waals surface area contributed by atoms with E-state index in [1.54, 1.807) is 12.3 Å². The normalized spacial score (nSPS) is 12.6. The highest BCUT2D eigenvalue weighted by Gasteiger charge is 2.12. The van der Waals surface area contributed by atoms with Crippen LogP contribution in [0.15, 0.2) is 24.4 Å².